The minimum Gasteiger partial charge on any atom is -0.478 e. The van der Waals surface area contributed by atoms with E-state index >= 15 is 0 Å². The van der Waals surface area contributed by atoms with Gasteiger partial charge in [-0.2, -0.15) is 22.0 Å². The van der Waals surface area contributed by atoms with E-state index in [4.69, 9.17) is 5.11 Å². The van der Waals surface area contributed by atoms with Gasteiger partial charge >= 0.3 is 24.0 Å². The first-order valence-electron chi connectivity index (χ1n) is 4.75. The van der Waals surface area contributed by atoms with E-state index in [1.165, 1.54) is 5.32 Å². The molecule has 0 fully saturated rings. The molecule has 0 saturated heterocycles. The van der Waals surface area contributed by atoms with Gasteiger partial charge in [-0.1, -0.05) is 0 Å². The molecule has 0 saturated carbocycles. The number of rotatable bonds is 3. The Labute approximate surface area is 116 Å². The molecular weight excluding hydrogens is 357 g/mol. The van der Waals surface area contributed by atoms with E-state index < -0.39 is 29.7 Å². The number of carboxylic acids is 1. The third-order valence-corrected chi connectivity index (χ3v) is 2.76. The molecule has 0 radical (unpaired) electrons. The molecule has 110 valence electrons. The molecule has 0 heterocycles. The van der Waals surface area contributed by atoms with Crippen molar-refractivity contribution in [2.24, 2.45) is 0 Å². The molecule has 0 aliphatic rings. The quantitative estimate of drug-likeness (QED) is 0.812. The first-order chi connectivity index (χ1) is 8.96. The maximum atomic E-state index is 12.7. The average Bonchev–Trinajstić information content (AvgIpc) is 2.29. The number of alkyl halides is 5. The lowest BCUT2D eigenvalue weighted by Crippen LogP contribution is -2.47. The van der Waals surface area contributed by atoms with Gasteiger partial charge < -0.3 is 10.4 Å². The molecule has 0 atom stereocenters. The highest BCUT2D eigenvalue weighted by Crippen LogP contribution is 2.37. The first kappa shape index (κ1) is 16.3. The van der Waals surface area contributed by atoms with Crippen molar-refractivity contribution in [1.82, 2.24) is 0 Å². The van der Waals surface area contributed by atoms with E-state index in [0.717, 1.165) is 18.2 Å². The van der Waals surface area contributed by atoms with Crippen LogP contribution < -0.4 is 5.32 Å². The monoisotopic (exact) mass is 361 g/mol. The molecule has 0 spiro atoms. The predicted octanol–water partition coefficient (Wildman–Crippen LogP) is 3.28. The summed E-state index contributed by atoms with van der Waals surface area (Å²) < 4.78 is 61.1. The Morgan fingerprint density at radius 2 is 1.70 bits per heavy atom. The van der Waals surface area contributed by atoms with Crippen molar-refractivity contribution < 1.29 is 36.6 Å². The van der Waals surface area contributed by atoms with Gasteiger partial charge in [-0.15, -0.1) is 0 Å². The van der Waals surface area contributed by atoms with Crippen LogP contribution in [0.3, 0.4) is 0 Å². The van der Waals surface area contributed by atoms with Gasteiger partial charge in [0.2, 0.25) is 0 Å². The summed E-state index contributed by atoms with van der Waals surface area (Å²) in [5.41, 5.74) is -0.651. The molecule has 1 aromatic rings. The summed E-state index contributed by atoms with van der Waals surface area (Å²) in [6.45, 7) is 0. The van der Waals surface area contributed by atoms with Crippen LogP contribution in [0, 0.1) is 0 Å². The zero-order valence-corrected chi connectivity index (χ0v) is 10.8. The Balaban J connectivity index is 3.00. The molecule has 4 nitrogen and oxygen atoms in total. The van der Waals surface area contributed by atoms with Crippen molar-refractivity contribution in [1.29, 1.82) is 0 Å². The molecule has 2 N–H and O–H groups in total. The number of carbonyl (C=O) groups is 2. The highest BCUT2D eigenvalue weighted by molar-refractivity contribution is 9.10. The fraction of sp³-hybridized carbons (Fsp3) is 0.200. The molecule has 0 bridgehead atoms. The molecule has 0 aliphatic heterocycles. The smallest absolute Gasteiger partial charge is 0.463 e. The van der Waals surface area contributed by atoms with Crippen molar-refractivity contribution in [2.75, 3.05) is 5.32 Å². The largest absolute Gasteiger partial charge is 0.478 e. The van der Waals surface area contributed by atoms with E-state index in [1.54, 1.807) is 0 Å². The average molecular weight is 362 g/mol. The van der Waals surface area contributed by atoms with Crippen LogP contribution in [-0.4, -0.2) is 29.1 Å². The lowest BCUT2D eigenvalue weighted by molar-refractivity contribution is -0.267. The van der Waals surface area contributed by atoms with Gasteiger partial charge in [-0.05, 0) is 34.1 Å². The molecule has 1 rings (SSSR count). The van der Waals surface area contributed by atoms with Crippen LogP contribution in [-0.2, 0) is 4.79 Å². The molecule has 0 aliphatic carbocycles. The van der Waals surface area contributed by atoms with Crippen molar-refractivity contribution in [3.8, 4) is 0 Å². The SMILES string of the molecule is O=C(O)c1ccc(NC(=O)C(F)(F)C(F)(F)F)c(Br)c1. The molecule has 10 heteroatoms. The predicted molar refractivity (Wildman–Crippen MR) is 60.7 cm³/mol. The summed E-state index contributed by atoms with van der Waals surface area (Å²) in [7, 11) is 0. The second-order valence-corrected chi connectivity index (χ2v) is 4.38. The minimum absolute atomic E-state index is 0.149. The minimum atomic E-state index is -6.02. The lowest BCUT2D eigenvalue weighted by atomic mass is 10.2. The fourth-order valence-electron chi connectivity index (χ4n) is 1.08. The van der Waals surface area contributed by atoms with Gasteiger partial charge in [0.25, 0.3) is 0 Å². The third-order valence-electron chi connectivity index (χ3n) is 2.11. The number of halogens is 6. The van der Waals surface area contributed by atoms with E-state index in [0.29, 0.717) is 0 Å². The van der Waals surface area contributed by atoms with Crippen LogP contribution in [0.5, 0.6) is 0 Å². The summed E-state index contributed by atoms with van der Waals surface area (Å²) in [5, 5.41) is 10.0. The molecule has 1 amide bonds. The molecule has 0 unspecified atom stereocenters. The second kappa shape index (κ2) is 5.35. The summed E-state index contributed by atoms with van der Waals surface area (Å²) in [6, 6.07) is 2.77. The first-order valence-corrected chi connectivity index (χ1v) is 5.55. The van der Waals surface area contributed by atoms with Crippen LogP contribution >= 0.6 is 15.9 Å². The Kier molecular flexibility index (Phi) is 4.37. The Hall–Kier alpha value is -1.71. The van der Waals surface area contributed by atoms with Crippen LogP contribution in [0.25, 0.3) is 0 Å². The lowest BCUT2D eigenvalue weighted by Gasteiger charge is -2.19. The Morgan fingerprint density at radius 1 is 1.15 bits per heavy atom. The highest BCUT2D eigenvalue weighted by Gasteiger charge is 2.63. The molecular formula is C10H5BrF5NO3. The number of carbonyl (C=O) groups excluding carboxylic acids is 1. The standard InChI is InChI=1S/C10H5BrF5NO3/c11-5-3-4(7(18)19)1-2-6(5)17-8(20)9(12,13)10(14,15)16/h1-3H,(H,17,20)(H,18,19). The molecule has 1 aromatic carbocycles. The summed E-state index contributed by atoms with van der Waals surface area (Å²) in [4.78, 5) is 21.5. The second-order valence-electron chi connectivity index (χ2n) is 3.53. The molecule has 0 aromatic heterocycles. The number of hydrogen-bond donors (Lipinski definition) is 2. The fourth-order valence-corrected chi connectivity index (χ4v) is 1.56. The molecule has 20 heavy (non-hydrogen) atoms. The van der Waals surface area contributed by atoms with Gasteiger partial charge in [0.05, 0.1) is 11.3 Å². The number of nitrogens with one attached hydrogen (secondary N) is 1. The Bertz CT molecular complexity index is 558. The summed E-state index contributed by atoms with van der Waals surface area (Å²) >= 11 is 2.76. The van der Waals surface area contributed by atoms with E-state index in [9.17, 15) is 31.5 Å². The maximum absolute atomic E-state index is 12.7. The highest BCUT2D eigenvalue weighted by atomic mass is 79.9. The van der Waals surface area contributed by atoms with E-state index in [2.05, 4.69) is 15.9 Å². The number of amides is 1. The van der Waals surface area contributed by atoms with E-state index in [-0.39, 0.29) is 10.0 Å². The number of anilines is 1. The summed E-state index contributed by atoms with van der Waals surface area (Å²) in [5.74, 6) is -9.45. The van der Waals surface area contributed by atoms with Crippen LogP contribution in [0.15, 0.2) is 22.7 Å². The third kappa shape index (κ3) is 3.24. The van der Waals surface area contributed by atoms with Crippen LogP contribution in [0.1, 0.15) is 10.4 Å². The van der Waals surface area contributed by atoms with Gasteiger partial charge in [0.15, 0.2) is 0 Å². The Morgan fingerprint density at radius 3 is 2.10 bits per heavy atom. The van der Waals surface area contributed by atoms with Crippen molar-refractivity contribution in [3.05, 3.63) is 28.2 Å². The maximum Gasteiger partial charge on any atom is 0.463 e. The van der Waals surface area contributed by atoms with Crippen molar-refractivity contribution in [3.63, 3.8) is 0 Å². The zero-order valence-electron chi connectivity index (χ0n) is 9.26. The normalized spacial score (nSPS) is 12.1. The van der Waals surface area contributed by atoms with Crippen molar-refractivity contribution >= 4 is 33.5 Å². The van der Waals surface area contributed by atoms with Gasteiger partial charge in [0, 0.05) is 4.47 Å². The van der Waals surface area contributed by atoms with Gasteiger partial charge in [0.1, 0.15) is 0 Å². The zero-order chi connectivity index (χ0) is 15.7. The topological polar surface area (TPSA) is 66.4 Å². The van der Waals surface area contributed by atoms with Crippen molar-refractivity contribution in [2.45, 2.75) is 12.1 Å². The summed E-state index contributed by atoms with van der Waals surface area (Å²) in [6.07, 6.45) is -6.02. The van der Waals surface area contributed by atoms with Crippen LogP contribution in [0.4, 0.5) is 27.6 Å². The number of carboxylic acid groups (broad SMARTS) is 1. The number of hydrogen-bond acceptors (Lipinski definition) is 2. The van der Waals surface area contributed by atoms with Crippen LogP contribution in [0.2, 0.25) is 0 Å². The van der Waals surface area contributed by atoms with Gasteiger partial charge in [-0.25, -0.2) is 4.79 Å². The van der Waals surface area contributed by atoms with E-state index in [1.807, 2.05) is 0 Å². The number of benzene rings is 1. The number of aromatic carboxylic acids is 1. The van der Waals surface area contributed by atoms with Gasteiger partial charge in [-0.3, -0.25) is 4.79 Å².